The molecule has 0 aliphatic carbocycles. The third-order valence-corrected chi connectivity index (χ3v) is 3.23. The minimum absolute atomic E-state index is 0.100. The Hall–Kier alpha value is -2.51. The number of phenolic OH excluding ortho intramolecular Hbond substituents is 1. The van der Waals surface area contributed by atoms with Crippen molar-refractivity contribution in [3.63, 3.8) is 0 Å². The van der Waals surface area contributed by atoms with Crippen LogP contribution < -0.4 is 4.74 Å². The van der Waals surface area contributed by atoms with Crippen molar-refractivity contribution in [3.8, 4) is 17.6 Å². The summed E-state index contributed by atoms with van der Waals surface area (Å²) in [7, 11) is 0. The number of phenols is 1. The Labute approximate surface area is 132 Å². The molecule has 0 radical (unpaired) electrons. The molecule has 0 aliphatic rings. The number of hydrogen-bond acceptors (Lipinski definition) is 3. The Morgan fingerprint density at radius 2 is 2.14 bits per heavy atom. The van der Waals surface area contributed by atoms with Crippen molar-refractivity contribution in [1.82, 2.24) is 0 Å². The zero-order chi connectivity index (χ0) is 16.1. The number of nitriles is 1. The number of nitrogens with zero attached hydrogens (tertiary/aromatic N) is 1. The van der Waals surface area contributed by atoms with Gasteiger partial charge >= 0.3 is 0 Å². The molecule has 2 aromatic carbocycles. The van der Waals surface area contributed by atoms with Gasteiger partial charge < -0.3 is 9.84 Å². The van der Waals surface area contributed by atoms with Crippen LogP contribution >= 0.6 is 11.6 Å². The Morgan fingerprint density at radius 1 is 1.41 bits per heavy atom. The van der Waals surface area contributed by atoms with Crippen molar-refractivity contribution < 1.29 is 14.2 Å². The van der Waals surface area contributed by atoms with Gasteiger partial charge in [-0.25, -0.2) is 4.39 Å². The van der Waals surface area contributed by atoms with Gasteiger partial charge in [-0.05, 0) is 36.8 Å². The number of benzene rings is 2. The zero-order valence-corrected chi connectivity index (χ0v) is 12.6. The third-order valence-electron chi connectivity index (χ3n) is 2.95. The molecule has 0 fully saturated rings. The summed E-state index contributed by atoms with van der Waals surface area (Å²) in [5, 5.41) is 19.2. The van der Waals surface area contributed by atoms with E-state index in [9.17, 15) is 14.8 Å². The Bertz CT molecular complexity index is 766. The van der Waals surface area contributed by atoms with E-state index in [-0.39, 0.29) is 27.7 Å². The average molecular weight is 318 g/mol. The van der Waals surface area contributed by atoms with Crippen LogP contribution in [0.4, 0.5) is 4.39 Å². The second kappa shape index (κ2) is 6.97. The normalized spacial score (nSPS) is 11.1. The van der Waals surface area contributed by atoms with Crippen LogP contribution in [0.5, 0.6) is 11.5 Å². The van der Waals surface area contributed by atoms with Crippen LogP contribution in [0.2, 0.25) is 5.02 Å². The summed E-state index contributed by atoms with van der Waals surface area (Å²) in [5.41, 5.74) is 0.889. The molecule has 2 aromatic rings. The highest BCUT2D eigenvalue weighted by molar-refractivity contribution is 6.32. The van der Waals surface area contributed by atoms with E-state index >= 15 is 0 Å². The van der Waals surface area contributed by atoms with Crippen LogP contribution in [0.25, 0.3) is 11.6 Å². The maximum absolute atomic E-state index is 13.8. The largest absolute Gasteiger partial charge is 0.503 e. The minimum Gasteiger partial charge on any atom is -0.503 e. The predicted octanol–water partition coefficient (Wildman–Crippen LogP) is 4.65. The molecule has 0 aromatic heterocycles. The first kappa shape index (κ1) is 15.9. The first-order valence-electron chi connectivity index (χ1n) is 6.58. The van der Waals surface area contributed by atoms with Gasteiger partial charge in [-0.1, -0.05) is 29.8 Å². The van der Waals surface area contributed by atoms with E-state index < -0.39 is 5.82 Å². The summed E-state index contributed by atoms with van der Waals surface area (Å²) < 4.78 is 19.1. The summed E-state index contributed by atoms with van der Waals surface area (Å²) in [6.07, 6.45) is 1.49. The molecule has 0 saturated heterocycles. The lowest BCUT2D eigenvalue weighted by atomic mass is 10.0. The highest BCUT2D eigenvalue weighted by Gasteiger charge is 2.11. The smallest absolute Gasteiger partial charge is 0.176 e. The van der Waals surface area contributed by atoms with Crippen molar-refractivity contribution in [2.45, 2.75) is 6.92 Å². The van der Waals surface area contributed by atoms with Crippen LogP contribution in [0.3, 0.4) is 0 Å². The third kappa shape index (κ3) is 3.38. The molecule has 22 heavy (non-hydrogen) atoms. The number of hydrogen-bond donors (Lipinski definition) is 1. The molecule has 1 N–H and O–H groups in total. The molecule has 2 rings (SSSR count). The number of halogens is 2. The molecule has 0 spiro atoms. The molecule has 0 amide bonds. The summed E-state index contributed by atoms with van der Waals surface area (Å²) in [6.45, 7) is 2.13. The molecule has 0 aliphatic heterocycles. The SMILES string of the molecule is CCOc1cc(C=C(C#N)c2ccccc2F)cc(Cl)c1O. The molecular weight excluding hydrogens is 305 g/mol. The summed E-state index contributed by atoms with van der Waals surface area (Å²) in [5.74, 6) is -0.428. The van der Waals surface area contributed by atoms with E-state index in [1.165, 1.54) is 24.3 Å². The number of ether oxygens (including phenoxy) is 1. The van der Waals surface area contributed by atoms with Crippen LogP contribution in [-0.4, -0.2) is 11.7 Å². The predicted molar refractivity (Wildman–Crippen MR) is 84.2 cm³/mol. The van der Waals surface area contributed by atoms with Gasteiger partial charge in [0.15, 0.2) is 11.5 Å². The molecule has 0 heterocycles. The van der Waals surface area contributed by atoms with Gasteiger partial charge in [0, 0.05) is 5.56 Å². The topological polar surface area (TPSA) is 53.2 Å². The molecule has 0 atom stereocenters. The highest BCUT2D eigenvalue weighted by atomic mass is 35.5. The van der Waals surface area contributed by atoms with E-state index in [0.717, 1.165) is 0 Å². The number of allylic oxidation sites excluding steroid dienone is 1. The van der Waals surface area contributed by atoms with E-state index in [1.54, 1.807) is 25.1 Å². The maximum Gasteiger partial charge on any atom is 0.176 e. The van der Waals surface area contributed by atoms with Gasteiger partial charge in [-0.3, -0.25) is 0 Å². The first-order valence-corrected chi connectivity index (χ1v) is 6.96. The van der Waals surface area contributed by atoms with Crippen molar-refractivity contribution >= 4 is 23.3 Å². The Balaban J connectivity index is 2.51. The Morgan fingerprint density at radius 3 is 2.77 bits per heavy atom. The molecule has 0 bridgehead atoms. The average Bonchev–Trinajstić information content (AvgIpc) is 2.51. The van der Waals surface area contributed by atoms with Crippen molar-refractivity contribution in [1.29, 1.82) is 5.26 Å². The van der Waals surface area contributed by atoms with E-state index in [1.807, 2.05) is 6.07 Å². The molecule has 5 heteroatoms. The van der Waals surface area contributed by atoms with Gasteiger partial charge in [0.05, 0.1) is 23.3 Å². The van der Waals surface area contributed by atoms with E-state index in [0.29, 0.717) is 12.2 Å². The molecular formula is C17H13ClFNO2. The fraction of sp³-hybridized carbons (Fsp3) is 0.118. The second-order valence-electron chi connectivity index (χ2n) is 4.43. The monoisotopic (exact) mass is 317 g/mol. The minimum atomic E-state index is -0.481. The van der Waals surface area contributed by atoms with Gasteiger partial charge in [0.1, 0.15) is 5.82 Å². The zero-order valence-electron chi connectivity index (χ0n) is 11.8. The van der Waals surface area contributed by atoms with Crippen LogP contribution in [0, 0.1) is 17.1 Å². The van der Waals surface area contributed by atoms with Crippen LogP contribution in [-0.2, 0) is 0 Å². The number of aromatic hydroxyl groups is 1. The first-order chi connectivity index (χ1) is 10.6. The number of rotatable bonds is 4. The van der Waals surface area contributed by atoms with Crippen molar-refractivity contribution in [2.75, 3.05) is 6.61 Å². The lowest BCUT2D eigenvalue weighted by Gasteiger charge is -2.09. The molecule has 112 valence electrons. The summed E-state index contributed by atoms with van der Waals surface area (Å²) >= 11 is 5.94. The van der Waals surface area contributed by atoms with E-state index in [2.05, 4.69) is 0 Å². The fourth-order valence-electron chi connectivity index (χ4n) is 1.96. The van der Waals surface area contributed by atoms with Crippen LogP contribution in [0.1, 0.15) is 18.1 Å². The van der Waals surface area contributed by atoms with Crippen molar-refractivity contribution in [3.05, 3.63) is 58.4 Å². The van der Waals surface area contributed by atoms with Gasteiger partial charge in [-0.2, -0.15) is 5.26 Å². The summed E-state index contributed by atoms with van der Waals surface area (Å²) in [4.78, 5) is 0. The fourth-order valence-corrected chi connectivity index (χ4v) is 2.18. The van der Waals surface area contributed by atoms with Gasteiger partial charge in [-0.15, -0.1) is 0 Å². The second-order valence-corrected chi connectivity index (χ2v) is 4.84. The quantitative estimate of drug-likeness (QED) is 0.659. The van der Waals surface area contributed by atoms with Crippen LogP contribution in [0.15, 0.2) is 36.4 Å². The standard InChI is InChI=1S/C17H13ClFNO2/c1-2-22-16-9-11(8-14(18)17(16)21)7-12(10-20)13-5-3-4-6-15(13)19/h3-9,21H,2H2,1H3. The molecule has 3 nitrogen and oxygen atoms in total. The summed E-state index contributed by atoms with van der Waals surface area (Å²) in [6, 6.07) is 11.0. The van der Waals surface area contributed by atoms with Gasteiger partial charge in [0.2, 0.25) is 0 Å². The highest BCUT2D eigenvalue weighted by Crippen LogP contribution is 2.36. The van der Waals surface area contributed by atoms with E-state index in [4.69, 9.17) is 16.3 Å². The lowest BCUT2D eigenvalue weighted by molar-refractivity contribution is 0.318. The maximum atomic E-state index is 13.8. The van der Waals surface area contributed by atoms with Gasteiger partial charge in [0.25, 0.3) is 0 Å². The Kier molecular flexibility index (Phi) is 5.03. The molecule has 0 unspecified atom stereocenters. The van der Waals surface area contributed by atoms with Crippen molar-refractivity contribution in [2.24, 2.45) is 0 Å². The lowest BCUT2D eigenvalue weighted by Crippen LogP contribution is -1.93. The molecule has 0 saturated carbocycles.